The number of carboxylic acids is 1. The van der Waals surface area contributed by atoms with Gasteiger partial charge >= 0.3 is 5.97 Å². The number of anilines is 1. The molecule has 1 aromatic rings. The minimum Gasteiger partial charge on any atom is -0.478 e. The van der Waals surface area contributed by atoms with Crippen LogP contribution in [-0.2, 0) is 4.79 Å². The number of hydrogen-bond donors (Lipinski definition) is 3. The summed E-state index contributed by atoms with van der Waals surface area (Å²) in [5, 5.41) is 14.2. The van der Waals surface area contributed by atoms with E-state index in [9.17, 15) is 9.59 Å². The van der Waals surface area contributed by atoms with E-state index in [4.69, 9.17) is 5.11 Å². The van der Waals surface area contributed by atoms with Gasteiger partial charge in [-0.15, -0.1) is 0 Å². The molecule has 0 radical (unpaired) electrons. The zero-order valence-electron chi connectivity index (χ0n) is 9.20. The molecule has 0 aromatic heterocycles. The van der Waals surface area contributed by atoms with Crippen molar-refractivity contribution >= 4 is 17.6 Å². The molecule has 0 aliphatic heterocycles. The summed E-state index contributed by atoms with van der Waals surface area (Å²) in [6.45, 7) is 2.00. The van der Waals surface area contributed by atoms with Crippen LogP contribution in [-0.4, -0.2) is 30.6 Å². The summed E-state index contributed by atoms with van der Waals surface area (Å²) in [7, 11) is 1.67. The van der Waals surface area contributed by atoms with Crippen LogP contribution in [0, 0.1) is 6.92 Å². The van der Waals surface area contributed by atoms with Gasteiger partial charge in [0.1, 0.15) is 0 Å². The van der Waals surface area contributed by atoms with E-state index in [1.165, 1.54) is 12.1 Å². The highest BCUT2D eigenvalue weighted by Gasteiger charge is 2.08. The quantitative estimate of drug-likeness (QED) is 0.705. The summed E-state index contributed by atoms with van der Waals surface area (Å²) >= 11 is 0. The second kappa shape index (κ2) is 5.27. The molecule has 0 saturated heterocycles. The molecule has 5 heteroatoms. The van der Waals surface area contributed by atoms with Crippen LogP contribution in [0.15, 0.2) is 18.2 Å². The number of hydrogen-bond acceptors (Lipinski definition) is 3. The number of benzene rings is 1. The average molecular weight is 222 g/mol. The van der Waals surface area contributed by atoms with E-state index in [-0.39, 0.29) is 18.0 Å². The Morgan fingerprint density at radius 1 is 1.38 bits per heavy atom. The second-order valence-corrected chi connectivity index (χ2v) is 3.41. The van der Waals surface area contributed by atoms with E-state index in [1.807, 2.05) is 0 Å². The SMILES string of the molecule is CNCC(=O)Nc1cc(C(=O)O)ccc1C. The minimum atomic E-state index is -1.01. The van der Waals surface area contributed by atoms with Crippen molar-refractivity contribution in [1.82, 2.24) is 5.32 Å². The first-order valence-electron chi connectivity index (χ1n) is 4.83. The fraction of sp³-hybridized carbons (Fsp3) is 0.273. The predicted molar refractivity (Wildman–Crippen MR) is 60.7 cm³/mol. The number of amides is 1. The number of nitrogens with one attached hydrogen (secondary N) is 2. The van der Waals surface area contributed by atoms with Crippen molar-refractivity contribution in [2.45, 2.75) is 6.92 Å². The van der Waals surface area contributed by atoms with Crippen LogP contribution >= 0.6 is 0 Å². The monoisotopic (exact) mass is 222 g/mol. The molecule has 1 amide bonds. The third-order valence-corrected chi connectivity index (χ3v) is 2.10. The smallest absolute Gasteiger partial charge is 0.335 e. The number of aryl methyl sites for hydroxylation is 1. The molecular weight excluding hydrogens is 208 g/mol. The van der Waals surface area contributed by atoms with Gasteiger partial charge in [-0.25, -0.2) is 4.79 Å². The van der Waals surface area contributed by atoms with E-state index >= 15 is 0 Å². The molecule has 0 bridgehead atoms. The lowest BCUT2D eigenvalue weighted by molar-refractivity contribution is -0.115. The number of carbonyl (C=O) groups excluding carboxylic acids is 1. The number of likely N-dealkylation sites (N-methyl/N-ethyl adjacent to an activating group) is 1. The highest BCUT2D eigenvalue weighted by atomic mass is 16.4. The first-order valence-corrected chi connectivity index (χ1v) is 4.83. The Morgan fingerprint density at radius 2 is 2.06 bits per heavy atom. The highest BCUT2D eigenvalue weighted by molar-refractivity contribution is 5.95. The van der Waals surface area contributed by atoms with Crippen LogP contribution < -0.4 is 10.6 Å². The number of aromatic carboxylic acids is 1. The minimum absolute atomic E-state index is 0.158. The van der Waals surface area contributed by atoms with Gasteiger partial charge in [0.15, 0.2) is 0 Å². The lowest BCUT2D eigenvalue weighted by Gasteiger charge is -2.08. The van der Waals surface area contributed by atoms with Gasteiger partial charge in [-0.2, -0.15) is 0 Å². The lowest BCUT2D eigenvalue weighted by atomic mass is 10.1. The van der Waals surface area contributed by atoms with E-state index < -0.39 is 5.97 Å². The Balaban J connectivity index is 2.90. The summed E-state index contributed by atoms with van der Waals surface area (Å²) in [5.41, 5.74) is 1.51. The Labute approximate surface area is 93.5 Å². The summed E-state index contributed by atoms with van der Waals surface area (Å²) in [4.78, 5) is 22.1. The standard InChI is InChI=1S/C11H14N2O3/c1-7-3-4-8(11(15)16)5-9(7)13-10(14)6-12-2/h3-5,12H,6H2,1-2H3,(H,13,14)(H,15,16). The van der Waals surface area contributed by atoms with Gasteiger partial charge in [-0.05, 0) is 31.7 Å². The molecular formula is C11H14N2O3. The molecule has 0 saturated carbocycles. The molecule has 16 heavy (non-hydrogen) atoms. The summed E-state index contributed by atoms with van der Waals surface area (Å²) < 4.78 is 0. The Hall–Kier alpha value is -1.88. The Morgan fingerprint density at radius 3 is 2.62 bits per heavy atom. The Bertz CT molecular complexity index is 416. The van der Waals surface area contributed by atoms with Gasteiger partial charge in [0, 0.05) is 5.69 Å². The van der Waals surface area contributed by atoms with Crippen molar-refractivity contribution in [3.8, 4) is 0 Å². The first kappa shape index (κ1) is 12.2. The molecule has 0 aliphatic rings. The van der Waals surface area contributed by atoms with Gasteiger partial charge in [0.2, 0.25) is 5.91 Å². The van der Waals surface area contributed by atoms with Gasteiger partial charge < -0.3 is 15.7 Å². The molecule has 0 fully saturated rings. The second-order valence-electron chi connectivity index (χ2n) is 3.41. The third kappa shape index (κ3) is 3.06. The molecule has 1 aromatic carbocycles. The molecule has 0 unspecified atom stereocenters. The molecule has 0 spiro atoms. The maximum Gasteiger partial charge on any atom is 0.335 e. The molecule has 5 nitrogen and oxygen atoms in total. The van der Waals surface area contributed by atoms with Crippen LogP contribution in [0.4, 0.5) is 5.69 Å². The van der Waals surface area contributed by atoms with E-state index in [0.29, 0.717) is 5.69 Å². The predicted octanol–water partition coefficient (Wildman–Crippen LogP) is 0.851. The fourth-order valence-electron chi connectivity index (χ4n) is 1.24. The summed E-state index contributed by atoms with van der Waals surface area (Å²) in [6, 6.07) is 4.62. The zero-order valence-corrected chi connectivity index (χ0v) is 9.20. The Kier molecular flexibility index (Phi) is 4.02. The van der Waals surface area contributed by atoms with Crippen LogP contribution in [0.3, 0.4) is 0 Å². The van der Waals surface area contributed by atoms with Crippen LogP contribution in [0.5, 0.6) is 0 Å². The van der Waals surface area contributed by atoms with Gasteiger partial charge in [-0.1, -0.05) is 6.07 Å². The van der Waals surface area contributed by atoms with Gasteiger partial charge in [0.25, 0.3) is 0 Å². The number of rotatable bonds is 4. The molecule has 0 atom stereocenters. The topological polar surface area (TPSA) is 78.4 Å². The van der Waals surface area contributed by atoms with Crippen molar-refractivity contribution in [3.63, 3.8) is 0 Å². The van der Waals surface area contributed by atoms with Gasteiger partial charge in [0.05, 0.1) is 12.1 Å². The third-order valence-electron chi connectivity index (χ3n) is 2.10. The van der Waals surface area contributed by atoms with Crippen molar-refractivity contribution in [2.75, 3.05) is 18.9 Å². The van der Waals surface area contributed by atoms with Crippen LogP contribution in [0.1, 0.15) is 15.9 Å². The molecule has 86 valence electrons. The van der Waals surface area contributed by atoms with Gasteiger partial charge in [-0.3, -0.25) is 4.79 Å². The number of carboxylic acid groups (broad SMARTS) is 1. The normalized spacial score (nSPS) is 9.88. The van der Waals surface area contributed by atoms with Crippen molar-refractivity contribution in [1.29, 1.82) is 0 Å². The molecule has 1 rings (SSSR count). The first-order chi connectivity index (χ1) is 7.54. The molecule has 0 heterocycles. The van der Waals surface area contributed by atoms with Crippen molar-refractivity contribution in [2.24, 2.45) is 0 Å². The summed E-state index contributed by atoms with van der Waals surface area (Å²) in [6.07, 6.45) is 0. The molecule has 3 N–H and O–H groups in total. The van der Waals surface area contributed by atoms with E-state index in [1.54, 1.807) is 20.0 Å². The van der Waals surface area contributed by atoms with Crippen molar-refractivity contribution in [3.05, 3.63) is 29.3 Å². The molecule has 0 aliphatic carbocycles. The highest BCUT2D eigenvalue weighted by Crippen LogP contribution is 2.16. The maximum atomic E-state index is 11.3. The summed E-state index contributed by atoms with van der Waals surface area (Å²) in [5.74, 6) is -1.21. The fourth-order valence-corrected chi connectivity index (χ4v) is 1.24. The van der Waals surface area contributed by atoms with Crippen LogP contribution in [0.2, 0.25) is 0 Å². The van der Waals surface area contributed by atoms with E-state index in [0.717, 1.165) is 5.56 Å². The average Bonchev–Trinajstić information content (AvgIpc) is 2.21. The van der Waals surface area contributed by atoms with Crippen LogP contribution in [0.25, 0.3) is 0 Å². The lowest BCUT2D eigenvalue weighted by Crippen LogP contribution is -2.25. The van der Waals surface area contributed by atoms with Crippen molar-refractivity contribution < 1.29 is 14.7 Å². The van der Waals surface area contributed by atoms with E-state index in [2.05, 4.69) is 10.6 Å². The zero-order chi connectivity index (χ0) is 12.1. The maximum absolute atomic E-state index is 11.3. The number of carbonyl (C=O) groups is 2. The largest absolute Gasteiger partial charge is 0.478 e.